The van der Waals surface area contributed by atoms with E-state index in [4.69, 9.17) is 4.42 Å². The summed E-state index contributed by atoms with van der Waals surface area (Å²) in [5.74, 6) is 1.48. The van der Waals surface area contributed by atoms with Gasteiger partial charge in [-0.15, -0.1) is 0 Å². The summed E-state index contributed by atoms with van der Waals surface area (Å²) in [4.78, 5) is 14.2. The van der Waals surface area contributed by atoms with Crippen LogP contribution < -0.4 is 10.2 Å². The van der Waals surface area contributed by atoms with Crippen molar-refractivity contribution in [2.45, 2.75) is 12.8 Å². The number of hydrogen-bond donors (Lipinski definition) is 1. The molecular weight excluding hydrogens is 244 g/mol. The number of carbonyl (C=O) groups excluding carboxylic acids is 1. The number of anilines is 2. The van der Waals surface area contributed by atoms with Gasteiger partial charge in [0.1, 0.15) is 5.82 Å². The third-order valence-corrected chi connectivity index (χ3v) is 3.30. The molecule has 0 aromatic carbocycles. The number of aromatic nitrogens is 2. The van der Waals surface area contributed by atoms with E-state index in [1.165, 1.54) is 12.8 Å². The second-order valence-corrected chi connectivity index (χ2v) is 4.63. The minimum atomic E-state index is -0.256. The average molecular weight is 260 g/mol. The molecule has 2 aromatic heterocycles. The van der Waals surface area contributed by atoms with Gasteiger partial charge in [0.25, 0.3) is 5.91 Å². The van der Waals surface area contributed by atoms with E-state index in [1.807, 2.05) is 6.07 Å². The molecule has 1 saturated heterocycles. The zero-order valence-corrected chi connectivity index (χ0v) is 10.8. The van der Waals surface area contributed by atoms with E-state index in [2.05, 4.69) is 15.3 Å². The maximum atomic E-state index is 12.0. The molecule has 0 spiro atoms. The van der Waals surface area contributed by atoms with Crippen LogP contribution in [0.1, 0.15) is 23.4 Å². The fraction of sp³-hybridized carbons (Fsp3) is 0.385. The van der Waals surface area contributed by atoms with Crippen LogP contribution in [0.4, 0.5) is 11.7 Å². The molecule has 0 atom stereocenters. The summed E-state index contributed by atoms with van der Waals surface area (Å²) in [6.45, 7) is 1.99. The first-order valence-corrected chi connectivity index (χ1v) is 6.38. The summed E-state index contributed by atoms with van der Waals surface area (Å²) in [6.07, 6.45) is 3.99. The van der Waals surface area contributed by atoms with Crippen LogP contribution in [0.3, 0.4) is 0 Å². The van der Waals surface area contributed by atoms with Crippen molar-refractivity contribution >= 4 is 17.6 Å². The van der Waals surface area contributed by atoms with Crippen LogP contribution in [0.15, 0.2) is 28.8 Å². The Labute approximate surface area is 111 Å². The number of amides is 1. The van der Waals surface area contributed by atoms with E-state index >= 15 is 0 Å². The average Bonchev–Trinajstić information content (AvgIpc) is 3.09. The van der Waals surface area contributed by atoms with Crippen molar-refractivity contribution in [3.05, 3.63) is 30.2 Å². The van der Waals surface area contributed by atoms with Gasteiger partial charge >= 0.3 is 0 Å². The van der Waals surface area contributed by atoms with E-state index in [-0.39, 0.29) is 5.91 Å². The molecule has 0 saturated carbocycles. The molecule has 19 heavy (non-hydrogen) atoms. The van der Waals surface area contributed by atoms with E-state index < -0.39 is 0 Å². The highest BCUT2D eigenvalue weighted by molar-refractivity contribution is 6.02. The van der Waals surface area contributed by atoms with Crippen LogP contribution >= 0.6 is 0 Å². The molecule has 1 fully saturated rings. The molecule has 1 aliphatic heterocycles. The predicted octanol–water partition coefficient (Wildman–Crippen LogP) is 1.87. The van der Waals surface area contributed by atoms with Crippen LogP contribution in [0, 0.1) is 0 Å². The number of hydrogen-bond acceptors (Lipinski definition) is 4. The molecule has 1 amide bonds. The maximum absolute atomic E-state index is 12.0. The van der Waals surface area contributed by atoms with Gasteiger partial charge in [0, 0.05) is 32.3 Å². The van der Waals surface area contributed by atoms with Crippen LogP contribution in [-0.4, -0.2) is 28.8 Å². The van der Waals surface area contributed by atoms with Gasteiger partial charge in [0.2, 0.25) is 0 Å². The molecule has 0 bridgehead atoms. The third-order valence-electron chi connectivity index (χ3n) is 3.30. The fourth-order valence-corrected chi connectivity index (χ4v) is 2.23. The summed E-state index contributed by atoms with van der Waals surface area (Å²) >= 11 is 0. The van der Waals surface area contributed by atoms with E-state index in [0.717, 1.165) is 19.0 Å². The second-order valence-electron chi connectivity index (χ2n) is 4.63. The quantitative estimate of drug-likeness (QED) is 0.915. The van der Waals surface area contributed by atoms with Crippen molar-refractivity contribution < 1.29 is 9.21 Å². The Hall–Kier alpha value is -2.24. The van der Waals surface area contributed by atoms with Crippen molar-refractivity contribution in [2.24, 2.45) is 7.05 Å². The van der Waals surface area contributed by atoms with Gasteiger partial charge in [-0.1, -0.05) is 0 Å². The van der Waals surface area contributed by atoms with Gasteiger partial charge in [0.05, 0.1) is 6.20 Å². The van der Waals surface area contributed by atoms with E-state index in [1.54, 1.807) is 30.1 Å². The Morgan fingerprint density at radius 2 is 2.11 bits per heavy atom. The molecule has 1 N–H and O–H groups in total. The number of carbonyl (C=O) groups is 1. The first-order valence-electron chi connectivity index (χ1n) is 6.38. The molecule has 0 unspecified atom stereocenters. The molecule has 2 aromatic rings. The van der Waals surface area contributed by atoms with Gasteiger partial charge in [0.15, 0.2) is 11.6 Å². The van der Waals surface area contributed by atoms with Crippen LogP contribution in [-0.2, 0) is 7.05 Å². The van der Waals surface area contributed by atoms with Gasteiger partial charge in [-0.2, -0.15) is 5.10 Å². The molecule has 1 aliphatic rings. The number of rotatable bonds is 3. The highest BCUT2D eigenvalue weighted by atomic mass is 16.4. The first kappa shape index (κ1) is 11.8. The molecule has 6 nitrogen and oxygen atoms in total. The zero-order valence-electron chi connectivity index (χ0n) is 10.8. The second kappa shape index (κ2) is 4.79. The van der Waals surface area contributed by atoms with Gasteiger partial charge in [-0.05, 0) is 18.9 Å². The lowest BCUT2D eigenvalue weighted by Gasteiger charge is -2.12. The number of aryl methyl sites for hydroxylation is 1. The Kier molecular flexibility index (Phi) is 2.98. The lowest BCUT2D eigenvalue weighted by Crippen LogP contribution is -2.17. The summed E-state index contributed by atoms with van der Waals surface area (Å²) in [5.41, 5.74) is 0. The summed E-state index contributed by atoms with van der Waals surface area (Å²) in [7, 11) is 1.77. The van der Waals surface area contributed by atoms with Gasteiger partial charge in [-0.25, -0.2) is 0 Å². The standard InChI is InChI=1S/C13H16N4O2/c1-16-11(6-7-14-16)15-13(18)10-4-5-12(19-10)17-8-2-3-9-17/h4-7H,2-3,8-9H2,1H3,(H,15,18). The largest absolute Gasteiger partial charge is 0.435 e. The molecule has 0 aliphatic carbocycles. The minimum Gasteiger partial charge on any atom is -0.435 e. The normalized spacial score (nSPS) is 14.9. The van der Waals surface area contributed by atoms with Crippen molar-refractivity contribution in [3.8, 4) is 0 Å². The molecule has 3 rings (SSSR count). The van der Waals surface area contributed by atoms with Crippen molar-refractivity contribution in [3.63, 3.8) is 0 Å². The molecule has 6 heteroatoms. The van der Waals surface area contributed by atoms with E-state index in [0.29, 0.717) is 11.6 Å². The Bertz CT molecular complexity index is 581. The summed E-state index contributed by atoms with van der Waals surface area (Å²) in [5, 5.41) is 6.75. The predicted molar refractivity (Wildman–Crippen MR) is 71.3 cm³/mol. The number of nitrogens with zero attached hydrogens (tertiary/aromatic N) is 3. The molecule has 100 valence electrons. The van der Waals surface area contributed by atoms with Crippen LogP contribution in [0.25, 0.3) is 0 Å². The van der Waals surface area contributed by atoms with E-state index in [9.17, 15) is 4.79 Å². The van der Waals surface area contributed by atoms with Crippen LogP contribution in [0.2, 0.25) is 0 Å². The van der Waals surface area contributed by atoms with Crippen molar-refractivity contribution in [1.29, 1.82) is 0 Å². The maximum Gasteiger partial charge on any atom is 0.292 e. The molecule has 0 radical (unpaired) electrons. The minimum absolute atomic E-state index is 0.256. The zero-order chi connectivity index (χ0) is 13.2. The molecular formula is C13H16N4O2. The summed E-state index contributed by atoms with van der Waals surface area (Å²) in [6, 6.07) is 5.30. The topological polar surface area (TPSA) is 63.3 Å². The van der Waals surface area contributed by atoms with Gasteiger partial charge < -0.3 is 14.6 Å². The molecule has 3 heterocycles. The first-order chi connectivity index (χ1) is 9.24. The highest BCUT2D eigenvalue weighted by Crippen LogP contribution is 2.23. The van der Waals surface area contributed by atoms with Crippen molar-refractivity contribution in [1.82, 2.24) is 9.78 Å². The number of nitrogens with one attached hydrogen (secondary N) is 1. The smallest absolute Gasteiger partial charge is 0.292 e. The third kappa shape index (κ3) is 2.33. The number of furan rings is 1. The van der Waals surface area contributed by atoms with Crippen LogP contribution in [0.5, 0.6) is 0 Å². The lowest BCUT2D eigenvalue weighted by atomic mass is 10.4. The fourth-order valence-electron chi connectivity index (χ4n) is 2.23. The Balaban J connectivity index is 1.72. The summed E-state index contributed by atoms with van der Waals surface area (Å²) < 4.78 is 7.20. The lowest BCUT2D eigenvalue weighted by molar-refractivity contribution is 0.0996. The van der Waals surface area contributed by atoms with Crippen molar-refractivity contribution in [2.75, 3.05) is 23.3 Å². The SMILES string of the molecule is Cn1nccc1NC(=O)c1ccc(N2CCCC2)o1. The highest BCUT2D eigenvalue weighted by Gasteiger charge is 2.18. The Morgan fingerprint density at radius 1 is 1.32 bits per heavy atom. The monoisotopic (exact) mass is 260 g/mol. The van der Waals surface area contributed by atoms with Gasteiger partial charge in [-0.3, -0.25) is 9.48 Å². The Morgan fingerprint density at radius 3 is 2.79 bits per heavy atom.